The highest BCUT2D eigenvalue weighted by molar-refractivity contribution is 5.84. The predicted octanol–water partition coefficient (Wildman–Crippen LogP) is 3.46. The van der Waals surface area contributed by atoms with E-state index >= 15 is 0 Å². The third-order valence-electron chi connectivity index (χ3n) is 2.63. The maximum Gasteiger partial charge on any atom is 0.311 e. The summed E-state index contributed by atoms with van der Waals surface area (Å²) in [5.74, 6) is -0.427. The molecule has 4 nitrogen and oxygen atoms in total. The molecule has 0 heterocycles. The first-order valence-electron chi connectivity index (χ1n) is 6.32. The van der Waals surface area contributed by atoms with E-state index in [-0.39, 0.29) is 17.9 Å². The molecule has 0 fully saturated rings. The van der Waals surface area contributed by atoms with Crippen molar-refractivity contribution >= 4 is 17.9 Å². The van der Waals surface area contributed by atoms with Crippen molar-refractivity contribution in [3.8, 4) is 11.5 Å². The minimum Gasteiger partial charge on any atom is -0.504 e. The van der Waals surface area contributed by atoms with Crippen LogP contribution < -0.4 is 4.74 Å². The number of aromatic hydroxyl groups is 1. The van der Waals surface area contributed by atoms with Crippen molar-refractivity contribution < 1.29 is 14.6 Å². The molecule has 0 aliphatic rings. The lowest BCUT2D eigenvalue weighted by atomic mass is 10.2. The number of esters is 1. The number of hydrogen-bond donors (Lipinski definition) is 1. The smallest absolute Gasteiger partial charge is 0.311 e. The predicted molar refractivity (Wildman–Crippen MR) is 77.7 cm³/mol. The van der Waals surface area contributed by atoms with Crippen LogP contribution >= 0.6 is 0 Å². The van der Waals surface area contributed by atoms with Gasteiger partial charge in [0.15, 0.2) is 11.5 Å². The molecule has 0 aliphatic heterocycles. The van der Waals surface area contributed by atoms with Gasteiger partial charge in [-0.3, -0.25) is 9.79 Å². The molecule has 2 aromatic carbocycles. The average Bonchev–Trinajstić information content (AvgIpc) is 2.48. The van der Waals surface area contributed by atoms with Gasteiger partial charge < -0.3 is 9.84 Å². The van der Waals surface area contributed by atoms with Crippen molar-refractivity contribution in [1.82, 2.24) is 0 Å². The maximum absolute atomic E-state index is 11.4. The first-order valence-corrected chi connectivity index (χ1v) is 6.32. The summed E-state index contributed by atoms with van der Waals surface area (Å²) in [6, 6.07) is 14.3. The van der Waals surface area contributed by atoms with Gasteiger partial charge in [0.25, 0.3) is 0 Å². The highest BCUT2D eigenvalue weighted by Gasteiger charge is 2.11. The fourth-order valence-corrected chi connectivity index (χ4v) is 1.59. The molecule has 0 aliphatic carbocycles. The van der Waals surface area contributed by atoms with Crippen LogP contribution in [0.15, 0.2) is 53.5 Å². The number of carbonyl (C=O) groups excluding carboxylic acids is 1. The maximum atomic E-state index is 11.4. The monoisotopic (exact) mass is 269 g/mol. The van der Waals surface area contributed by atoms with Crippen LogP contribution in [0, 0.1) is 0 Å². The van der Waals surface area contributed by atoms with Gasteiger partial charge in [-0.05, 0) is 17.7 Å². The fourth-order valence-electron chi connectivity index (χ4n) is 1.59. The number of benzene rings is 2. The highest BCUT2D eigenvalue weighted by Crippen LogP contribution is 2.36. The minimum absolute atomic E-state index is 0.0894. The molecule has 2 aromatic rings. The summed E-state index contributed by atoms with van der Waals surface area (Å²) in [4.78, 5) is 15.6. The molecule has 1 N–H and O–H groups in total. The zero-order chi connectivity index (χ0) is 14.4. The molecule has 0 bridgehead atoms. The number of phenols is 1. The molecule has 0 saturated carbocycles. The Morgan fingerprint density at radius 3 is 2.65 bits per heavy atom. The zero-order valence-corrected chi connectivity index (χ0v) is 11.1. The Hall–Kier alpha value is -2.62. The molecule has 20 heavy (non-hydrogen) atoms. The number of carbonyl (C=O) groups is 1. The second-order valence-corrected chi connectivity index (χ2v) is 4.12. The summed E-state index contributed by atoms with van der Waals surface area (Å²) in [6.45, 7) is 1.69. The van der Waals surface area contributed by atoms with E-state index in [4.69, 9.17) is 4.74 Å². The van der Waals surface area contributed by atoms with Gasteiger partial charge in [0, 0.05) is 12.6 Å². The molecule has 0 atom stereocenters. The second-order valence-electron chi connectivity index (χ2n) is 4.12. The van der Waals surface area contributed by atoms with Crippen molar-refractivity contribution in [2.45, 2.75) is 13.3 Å². The summed E-state index contributed by atoms with van der Waals surface area (Å²) in [5.41, 5.74) is 1.33. The summed E-state index contributed by atoms with van der Waals surface area (Å²) in [6.07, 6.45) is 1.88. The second kappa shape index (κ2) is 6.52. The molecular formula is C16H15NO3. The van der Waals surface area contributed by atoms with Gasteiger partial charge in [-0.2, -0.15) is 0 Å². The molecule has 0 saturated heterocycles. The van der Waals surface area contributed by atoms with Crippen molar-refractivity contribution in [3.63, 3.8) is 0 Å². The fraction of sp³-hybridized carbons (Fsp3) is 0.125. The van der Waals surface area contributed by atoms with Crippen molar-refractivity contribution in [2.75, 3.05) is 0 Å². The summed E-state index contributed by atoms with van der Waals surface area (Å²) in [5, 5.41) is 9.78. The number of para-hydroxylation sites is 1. The number of phenolic OH excluding ortho intramolecular Hbond substituents is 1. The standard InChI is InChI=1S/C16H15NO3/c1-2-15(19)20-16-13(9-6-10-14(16)18)17-11-12-7-4-3-5-8-12/h3-11,18H,2H2,1H3. The van der Waals surface area contributed by atoms with E-state index in [0.29, 0.717) is 5.69 Å². The van der Waals surface area contributed by atoms with Gasteiger partial charge in [0.1, 0.15) is 5.69 Å². The van der Waals surface area contributed by atoms with Crippen LogP contribution in [-0.2, 0) is 4.79 Å². The highest BCUT2D eigenvalue weighted by atomic mass is 16.5. The van der Waals surface area contributed by atoms with Crippen molar-refractivity contribution in [3.05, 3.63) is 54.1 Å². The Kier molecular flexibility index (Phi) is 4.50. The Labute approximate surface area is 117 Å². The number of aliphatic imine (C=N–C) groups is 1. The average molecular weight is 269 g/mol. The van der Waals surface area contributed by atoms with Gasteiger partial charge in [-0.15, -0.1) is 0 Å². The topological polar surface area (TPSA) is 58.9 Å². The summed E-state index contributed by atoms with van der Waals surface area (Å²) < 4.78 is 5.11. The normalized spacial score (nSPS) is 10.7. The Bertz CT molecular complexity index is 621. The summed E-state index contributed by atoms with van der Waals surface area (Å²) in [7, 11) is 0. The first kappa shape index (κ1) is 13.8. The van der Waals surface area contributed by atoms with Gasteiger partial charge in [-0.1, -0.05) is 43.3 Å². The van der Waals surface area contributed by atoms with E-state index in [9.17, 15) is 9.90 Å². The quantitative estimate of drug-likeness (QED) is 0.525. The Morgan fingerprint density at radius 1 is 1.20 bits per heavy atom. The van der Waals surface area contributed by atoms with E-state index in [1.807, 2.05) is 30.3 Å². The molecule has 0 unspecified atom stereocenters. The molecular weight excluding hydrogens is 254 g/mol. The van der Waals surface area contributed by atoms with E-state index < -0.39 is 5.97 Å². The third kappa shape index (κ3) is 3.45. The van der Waals surface area contributed by atoms with Crippen LogP contribution in [-0.4, -0.2) is 17.3 Å². The van der Waals surface area contributed by atoms with Gasteiger partial charge in [-0.25, -0.2) is 0 Å². The van der Waals surface area contributed by atoms with E-state index in [0.717, 1.165) is 5.56 Å². The third-order valence-corrected chi connectivity index (χ3v) is 2.63. The van der Waals surface area contributed by atoms with Crippen LogP contribution in [0.2, 0.25) is 0 Å². The number of hydrogen-bond acceptors (Lipinski definition) is 4. The largest absolute Gasteiger partial charge is 0.504 e. The SMILES string of the molecule is CCC(=O)Oc1c(O)cccc1N=Cc1ccccc1. The lowest BCUT2D eigenvalue weighted by molar-refractivity contribution is -0.134. The van der Waals surface area contributed by atoms with Crippen LogP contribution in [0.4, 0.5) is 5.69 Å². The van der Waals surface area contributed by atoms with E-state index in [1.54, 1.807) is 25.3 Å². The van der Waals surface area contributed by atoms with Crippen LogP contribution in [0.25, 0.3) is 0 Å². The van der Waals surface area contributed by atoms with Crippen LogP contribution in [0.3, 0.4) is 0 Å². The zero-order valence-electron chi connectivity index (χ0n) is 11.1. The molecule has 102 valence electrons. The van der Waals surface area contributed by atoms with Gasteiger partial charge in [0.05, 0.1) is 0 Å². The van der Waals surface area contributed by atoms with E-state index in [2.05, 4.69) is 4.99 Å². The van der Waals surface area contributed by atoms with Crippen molar-refractivity contribution in [1.29, 1.82) is 0 Å². The van der Waals surface area contributed by atoms with Gasteiger partial charge in [0.2, 0.25) is 0 Å². The first-order chi connectivity index (χ1) is 9.70. The molecule has 0 amide bonds. The minimum atomic E-state index is -0.414. The molecule has 0 radical (unpaired) electrons. The molecule has 4 heteroatoms. The lowest BCUT2D eigenvalue weighted by Gasteiger charge is -2.07. The molecule has 0 aromatic heterocycles. The number of rotatable bonds is 4. The number of nitrogens with zero attached hydrogens (tertiary/aromatic N) is 1. The van der Waals surface area contributed by atoms with Crippen LogP contribution in [0.1, 0.15) is 18.9 Å². The van der Waals surface area contributed by atoms with Gasteiger partial charge >= 0.3 is 5.97 Å². The lowest BCUT2D eigenvalue weighted by Crippen LogP contribution is -2.05. The number of ether oxygens (including phenoxy) is 1. The van der Waals surface area contributed by atoms with Crippen molar-refractivity contribution in [2.24, 2.45) is 4.99 Å². The van der Waals surface area contributed by atoms with Crippen LogP contribution in [0.5, 0.6) is 11.5 Å². The molecule has 0 spiro atoms. The summed E-state index contributed by atoms with van der Waals surface area (Å²) >= 11 is 0. The molecule has 2 rings (SSSR count). The Balaban J connectivity index is 2.29. The van der Waals surface area contributed by atoms with E-state index in [1.165, 1.54) is 6.07 Å². The Morgan fingerprint density at radius 2 is 1.95 bits per heavy atom.